The second kappa shape index (κ2) is 6.74. The summed E-state index contributed by atoms with van der Waals surface area (Å²) in [5.41, 5.74) is 1.04. The van der Waals surface area contributed by atoms with Crippen molar-refractivity contribution < 1.29 is 4.79 Å². The van der Waals surface area contributed by atoms with E-state index in [0.29, 0.717) is 27.2 Å². The highest BCUT2D eigenvalue weighted by molar-refractivity contribution is 6.36. The Morgan fingerprint density at radius 2 is 1.86 bits per heavy atom. The number of anilines is 2. The molecule has 2 rings (SSSR count). The van der Waals surface area contributed by atoms with E-state index in [0.717, 1.165) is 0 Å². The topological polar surface area (TPSA) is 66.9 Å². The Labute approximate surface area is 132 Å². The lowest BCUT2D eigenvalue weighted by Gasteiger charge is -2.09. The SMILES string of the molecule is CC(C)NC(=O)c1cnc(Nc2ccc(Cl)cc2Cl)nc1. The van der Waals surface area contributed by atoms with Crippen molar-refractivity contribution in [2.24, 2.45) is 0 Å². The monoisotopic (exact) mass is 324 g/mol. The van der Waals surface area contributed by atoms with E-state index in [1.165, 1.54) is 12.4 Å². The van der Waals surface area contributed by atoms with E-state index >= 15 is 0 Å². The highest BCUT2D eigenvalue weighted by Gasteiger charge is 2.09. The van der Waals surface area contributed by atoms with E-state index < -0.39 is 0 Å². The Morgan fingerprint density at radius 3 is 2.43 bits per heavy atom. The predicted octanol–water partition coefficient (Wildman–Crippen LogP) is 3.67. The minimum Gasteiger partial charge on any atom is -0.350 e. The quantitative estimate of drug-likeness (QED) is 0.900. The molecule has 7 heteroatoms. The molecule has 110 valence electrons. The van der Waals surface area contributed by atoms with Crippen LogP contribution in [-0.4, -0.2) is 21.9 Å². The number of benzene rings is 1. The van der Waals surface area contributed by atoms with Crippen molar-refractivity contribution in [3.63, 3.8) is 0 Å². The largest absolute Gasteiger partial charge is 0.350 e. The number of hydrogen-bond donors (Lipinski definition) is 2. The van der Waals surface area contributed by atoms with E-state index in [1.54, 1.807) is 18.2 Å². The average Bonchev–Trinajstić information content (AvgIpc) is 2.42. The average molecular weight is 325 g/mol. The van der Waals surface area contributed by atoms with Crippen LogP contribution in [0.4, 0.5) is 11.6 Å². The molecule has 0 fully saturated rings. The summed E-state index contributed by atoms with van der Waals surface area (Å²) in [5, 5.41) is 6.74. The highest BCUT2D eigenvalue weighted by Crippen LogP contribution is 2.26. The molecule has 0 aliphatic carbocycles. The molecule has 21 heavy (non-hydrogen) atoms. The number of amides is 1. The van der Waals surface area contributed by atoms with Gasteiger partial charge in [-0.2, -0.15) is 0 Å². The van der Waals surface area contributed by atoms with Crippen molar-refractivity contribution in [2.75, 3.05) is 5.32 Å². The summed E-state index contributed by atoms with van der Waals surface area (Å²) < 4.78 is 0. The fourth-order valence-corrected chi connectivity index (χ4v) is 2.02. The summed E-state index contributed by atoms with van der Waals surface area (Å²) in [5.74, 6) is 0.140. The van der Waals surface area contributed by atoms with Gasteiger partial charge in [-0.15, -0.1) is 0 Å². The molecule has 1 amide bonds. The number of halogens is 2. The molecular weight excluding hydrogens is 311 g/mol. The molecule has 0 radical (unpaired) electrons. The van der Waals surface area contributed by atoms with E-state index in [4.69, 9.17) is 23.2 Å². The van der Waals surface area contributed by atoms with E-state index in [9.17, 15) is 4.79 Å². The Morgan fingerprint density at radius 1 is 1.19 bits per heavy atom. The van der Waals surface area contributed by atoms with E-state index in [1.807, 2.05) is 13.8 Å². The second-order valence-electron chi connectivity index (χ2n) is 4.67. The van der Waals surface area contributed by atoms with Gasteiger partial charge in [0.25, 0.3) is 5.91 Å². The fraction of sp³-hybridized carbons (Fsp3) is 0.214. The van der Waals surface area contributed by atoms with Crippen LogP contribution < -0.4 is 10.6 Å². The van der Waals surface area contributed by atoms with Crippen molar-refractivity contribution in [1.82, 2.24) is 15.3 Å². The lowest BCUT2D eigenvalue weighted by atomic mass is 10.3. The van der Waals surface area contributed by atoms with Crippen molar-refractivity contribution in [3.05, 3.63) is 46.2 Å². The maximum atomic E-state index is 11.8. The van der Waals surface area contributed by atoms with Crippen LogP contribution in [0.25, 0.3) is 0 Å². The Kier molecular flexibility index (Phi) is 4.98. The lowest BCUT2D eigenvalue weighted by Crippen LogP contribution is -2.30. The van der Waals surface area contributed by atoms with Crippen LogP contribution >= 0.6 is 23.2 Å². The maximum absolute atomic E-state index is 11.8. The first-order valence-corrected chi connectivity index (χ1v) is 7.06. The van der Waals surface area contributed by atoms with Crippen LogP contribution in [0.1, 0.15) is 24.2 Å². The third kappa shape index (κ3) is 4.31. The summed E-state index contributed by atoms with van der Waals surface area (Å²) in [4.78, 5) is 20.0. The van der Waals surface area contributed by atoms with Crippen molar-refractivity contribution in [3.8, 4) is 0 Å². The van der Waals surface area contributed by atoms with Gasteiger partial charge in [-0.1, -0.05) is 23.2 Å². The van der Waals surface area contributed by atoms with Gasteiger partial charge in [0, 0.05) is 23.5 Å². The molecule has 5 nitrogen and oxygen atoms in total. The molecule has 0 bridgehead atoms. The van der Waals surface area contributed by atoms with Gasteiger partial charge in [-0.05, 0) is 32.0 Å². The number of nitrogens with zero attached hydrogens (tertiary/aromatic N) is 2. The van der Waals surface area contributed by atoms with Gasteiger partial charge in [0.1, 0.15) is 0 Å². The molecule has 1 aromatic carbocycles. The maximum Gasteiger partial charge on any atom is 0.254 e. The van der Waals surface area contributed by atoms with E-state index in [-0.39, 0.29) is 11.9 Å². The second-order valence-corrected chi connectivity index (χ2v) is 5.52. The van der Waals surface area contributed by atoms with Crippen LogP contribution in [0.2, 0.25) is 10.0 Å². The van der Waals surface area contributed by atoms with Crippen LogP contribution in [0.3, 0.4) is 0 Å². The number of aromatic nitrogens is 2. The van der Waals surface area contributed by atoms with Gasteiger partial charge in [-0.25, -0.2) is 9.97 Å². The summed E-state index contributed by atoms with van der Waals surface area (Å²) in [7, 11) is 0. The first kappa shape index (κ1) is 15.5. The molecule has 0 unspecified atom stereocenters. The zero-order chi connectivity index (χ0) is 15.4. The Balaban J connectivity index is 2.10. The molecule has 2 aromatic rings. The molecule has 1 aromatic heterocycles. The van der Waals surface area contributed by atoms with Crippen molar-refractivity contribution >= 4 is 40.7 Å². The molecule has 0 aliphatic rings. The summed E-state index contributed by atoms with van der Waals surface area (Å²) >= 11 is 11.9. The summed E-state index contributed by atoms with van der Waals surface area (Å²) in [6, 6.07) is 5.12. The van der Waals surface area contributed by atoms with Crippen LogP contribution in [-0.2, 0) is 0 Å². The highest BCUT2D eigenvalue weighted by atomic mass is 35.5. The van der Waals surface area contributed by atoms with Crippen molar-refractivity contribution in [1.29, 1.82) is 0 Å². The molecule has 2 N–H and O–H groups in total. The minimum atomic E-state index is -0.207. The smallest absolute Gasteiger partial charge is 0.254 e. The molecule has 0 atom stereocenters. The minimum absolute atomic E-state index is 0.0585. The van der Waals surface area contributed by atoms with Gasteiger partial charge < -0.3 is 10.6 Å². The molecule has 0 saturated carbocycles. The number of carbonyl (C=O) groups excluding carboxylic acids is 1. The number of rotatable bonds is 4. The number of hydrogen-bond acceptors (Lipinski definition) is 4. The molecule has 0 spiro atoms. The molecule has 0 aliphatic heterocycles. The summed E-state index contributed by atoms with van der Waals surface area (Å²) in [6.07, 6.45) is 2.91. The van der Waals surface area contributed by atoms with Gasteiger partial charge in [0.2, 0.25) is 5.95 Å². The fourth-order valence-electron chi connectivity index (χ4n) is 1.57. The van der Waals surface area contributed by atoms with Gasteiger partial charge >= 0.3 is 0 Å². The third-order valence-corrected chi connectivity index (χ3v) is 3.06. The summed E-state index contributed by atoms with van der Waals surface area (Å²) in [6.45, 7) is 3.77. The number of carbonyl (C=O) groups is 1. The number of nitrogens with one attached hydrogen (secondary N) is 2. The standard InChI is InChI=1S/C14H14Cl2N4O/c1-8(2)19-13(21)9-6-17-14(18-7-9)20-12-4-3-10(15)5-11(12)16/h3-8H,1-2H3,(H,19,21)(H,17,18,20). The zero-order valence-corrected chi connectivity index (χ0v) is 13.0. The van der Waals surface area contributed by atoms with E-state index in [2.05, 4.69) is 20.6 Å². The first-order chi connectivity index (χ1) is 9.95. The van der Waals surface area contributed by atoms with Crippen molar-refractivity contribution in [2.45, 2.75) is 19.9 Å². The third-order valence-electron chi connectivity index (χ3n) is 2.51. The van der Waals surface area contributed by atoms with Gasteiger partial charge in [-0.3, -0.25) is 4.79 Å². The van der Waals surface area contributed by atoms with Gasteiger partial charge in [0.15, 0.2) is 0 Å². The van der Waals surface area contributed by atoms with Crippen LogP contribution in [0.15, 0.2) is 30.6 Å². The molecule has 1 heterocycles. The Bertz CT molecular complexity index is 644. The predicted molar refractivity (Wildman–Crippen MR) is 84.4 cm³/mol. The van der Waals surface area contributed by atoms with Crippen LogP contribution in [0, 0.1) is 0 Å². The van der Waals surface area contributed by atoms with Gasteiger partial charge in [0.05, 0.1) is 16.3 Å². The normalized spacial score (nSPS) is 10.5. The zero-order valence-electron chi connectivity index (χ0n) is 11.5. The first-order valence-electron chi connectivity index (χ1n) is 6.30. The lowest BCUT2D eigenvalue weighted by molar-refractivity contribution is 0.0942. The molecular formula is C14H14Cl2N4O. The Hall–Kier alpha value is -1.85. The van der Waals surface area contributed by atoms with Crippen LogP contribution in [0.5, 0.6) is 0 Å². The molecule has 0 saturated heterocycles.